The molecule has 1 atom stereocenters. The predicted octanol–water partition coefficient (Wildman–Crippen LogP) is 2.02. The summed E-state index contributed by atoms with van der Waals surface area (Å²) in [5, 5.41) is 0. The number of allylic oxidation sites excluding steroid dienone is 1. The van der Waals surface area contributed by atoms with E-state index in [1.54, 1.807) is 18.9 Å². The number of carbonyl (C=O) groups excluding carboxylic acids is 1. The van der Waals surface area contributed by atoms with Gasteiger partial charge in [0.15, 0.2) is 0 Å². The van der Waals surface area contributed by atoms with Gasteiger partial charge in [-0.05, 0) is 19.8 Å². The van der Waals surface area contributed by atoms with Crippen molar-refractivity contribution in [3.8, 4) is 0 Å². The molecule has 1 amide bonds. The average Bonchev–Trinajstić information content (AvgIpc) is 2.17. The van der Waals surface area contributed by atoms with Crippen LogP contribution in [0.2, 0.25) is 0 Å². The van der Waals surface area contributed by atoms with Gasteiger partial charge in [0.25, 0.3) is 0 Å². The summed E-state index contributed by atoms with van der Waals surface area (Å²) in [6.45, 7) is 7.42. The Kier molecular flexibility index (Phi) is 4.62. The molecule has 0 aromatic rings. The summed E-state index contributed by atoms with van der Waals surface area (Å²) in [6.07, 6.45) is 1.84. The van der Waals surface area contributed by atoms with Crippen LogP contribution in [0.25, 0.3) is 0 Å². The molecule has 0 spiro atoms. The molecule has 1 unspecified atom stereocenters. The fourth-order valence-corrected chi connectivity index (χ4v) is 1.82. The summed E-state index contributed by atoms with van der Waals surface area (Å²) < 4.78 is 10.1. The zero-order valence-electron chi connectivity index (χ0n) is 9.49. The Morgan fingerprint density at radius 2 is 2.33 bits per heavy atom. The van der Waals surface area contributed by atoms with Crippen LogP contribution in [0.3, 0.4) is 0 Å². The fraction of sp³-hybridized carbons (Fsp3) is 0.727. The van der Waals surface area contributed by atoms with Crippen molar-refractivity contribution in [3.05, 3.63) is 12.3 Å². The number of hydrogen-bond acceptors (Lipinski definition) is 3. The normalized spacial score (nSPS) is 21.2. The van der Waals surface area contributed by atoms with Gasteiger partial charge in [-0.1, -0.05) is 6.58 Å². The minimum absolute atomic E-state index is 0.289. The van der Waals surface area contributed by atoms with Crippen LogP contribution in [-0.2, 0) is 9.47 Å². The van der Waals surface area contributed by atoms with E-state index in [9.17, 15) is 4.79 Å². The van der Waals surface area contributed by atoms with Crippen molar-refractivity contribution in [2.75, 3.05) is 26.8 Å². The molecule has 1 saturated heterocycles. The number of ether oxygens (including phenoxy) is 2. The molecular weight excluding hydrogens is 194 g/mol. The first-order valence-electron chi connectivity index (χ1n) is 5.24. The van der Waals surface area contributed by atoms with Gasteiger partial charge >= 0.3 is 6.09 Å². The number of rotatable bonds is 3. The molecule has 86 valence electrons. The summed E-state index contributed by atoms with van der Waals surface area (Å²) in [5.41, 5.74) is 0. The highest BCUT2D eigenvalue weighted by atomic mass is 16.6. The molecule has 15 heavy (non-hydrogen) atoms. The number of amides is 1. The van der Waals surface area contributed by atoms with Gasteiger partial charge in [-0.15, -0.1) is 0 Å². The Bertz CT molecular complexity index is 238. The standard InChI is InChI=1S/C11H19NO3/c1-9(2)15-11(13)12-6-4-5-10(7-12)8-14-3/h10H,1,4-8H2,2-3H3. The van der Waals surface area contributed by atoms with Gasteiger partial charge in [0.05, 0.1) is 12.4 Å². The fourth-order valence-electron chi connectivity index (χ4n) is 1.82. The van der Waals surface area contributed by atoms with Gasteiger partial charge in [0.1, 0.15) is 0 Å². The van der Waals surface area contributed by atoms with E-state index in [4.69, 9.17) is 9.47 Å². The number of hydrogen-bond donors (Lipinski definition) is 0. The van der Waals surface area contributed by atoms with Gasteiger partial charge in [0, 0.05) is 26.1 Å². The molecule has 4 nitrogen and oxygen atoms in total. The number of methoxy groups -OCH3 is 1. The van der Waals surface area contributed by atoms with Crippen molar-refractivity contribution in [2.45, 2.75) is 19.8 Å². The Morgan fingerprint density at radius 1 is 1.60 bits per heavy atom. The van der Waals surface area contributed by atoms with Gasteiger partial charge in [-0.3, -0.25) is 0 Å². The first-order valence-corrected chi connectivity index (χ1v) is 5.24. The minimum Gasteiger partial charge on any atom is -0.416 e. The molecule has 1 rings (SSSR count). The Morgan fingerprint density at radius 3 is 2.93 bits per heavy atom. The molecule has 1 aliphatic heterocycles. The lowest BCUT2D eigenvalue weighted by atomic mass is 9.99. The Balaban J connectivity index is 2.41. The molecule has 1 heterocycles. The Hall–Kier alpha value is -1.03. The molecule has 0 aromatic carbocycles. The average molecular weight is 213 g/mol. The van der Waals surface area contributed by atoms with Crippen LogP contribution >= 0.6 is 0 Å². The molecular formula is C11H19NO3. The molecule has 1 fully saturated rings. The van der Waals surface area contributed by atoms with E-state index in [1.165, 1.54) is 0 Å². The van der Waals surface area contributed by atoms with Crippen LogP contribution in [0.15, 0.2) is 12.3 Å². The number of piperidine rings is 1. The Labute approximate surface area is 90.8 Å². The number of nitrogens with zero attached hydrogens (tertiary/aromatic N) is 1. The van der Waals surface area contributed by atoms with Crippen LogP contribution in [0.4, 0.5) is 4.79 Å². The zero-order chi connectivity index (χ0) is 11.3. The summed E-state index contributed by atoms with van der Waals surface area (Å²) in [4.78, 5) is 13.3. The van der Waals surface area contributed by atoms with Gasteiger partial charge in [-0.25, -0.2) is 4.79 Å². The first-order chi connectivity index (χ1) is 7.13. The molecule has 0 saturated carbocycles. The summed E-state index contributed by atoms with van der Waals surface area (Å²) >= 11 is 0. The molecule has 0 N–H and O–H groups in total. The molecule has 0 radical (unpaired) electrons. The van der Waals surface area contributed by atoms with Crippen LogP contribution in [0, 0.1) is 5.92 Å². The topological polar surface area (TPSA) is 38.8 Å². The molecule has 4 heteroatoms. The third-order valence-electron chi connectivity index (χ3n) is 2.44. The monoisotopic (exact) mass is 213 g/mol. The molecule has 1 aliphatic rings. The summed E-state index contributed by atoms with van der Waals surface area (Å²) in [7, 11) is 1.69. The van der Waals surface area contributed by atoms with Crippen molar-refractivity contribution in [2.24, 2.45) is 5.92 Å². The van der Waals surface area contributed by atoms with E-state index in [2.05, 4.69) is 6.58 Å². The van der Waals surface area contributed by atoms with Crippen molar-refractivity contribution in [3.63, 3.8) is 0 Å². The van der Waals surface area contributed by atoms with Crippen molar-refractivity contribution in [1.29, 1.82) is 0 Å². The maximum atomic E-state index is 11.6. The van der Waals surface area contributed by atoms with E-state index in [0.717, 1.165) is 25.9 Å². The van der Waals surface area contributed by atoms with Gasteiger partial charge < -0.3 is 14.4 Å². The third-order valence-corrected chi connectivity index (χ3v) is 2.44. The van der Waals surface area contributed by atoms with E-state index < -0.39 is 0 Å². The quantitative estimate of drug-likeness (QED) is 0.673. The number of carbonyl (C=O) groups is 1. The lowest BCUT2D eigenvalue weighted by molar-refractivity contribution is 0.0763. The van der Waals surface area contributed by atoms with E-state index in [1.807, 2.05) is 0 Å². The lowest BCUT2D eigenvalue weighted by Gasteiger charge is -2.31. The molecule has 0 aromatic heterocycles. The van der Waals surface area contributed by atoms with E-state index in [-0.39, 0.29) is 6.09 Å². The predicted molar refractivity (Wildman–Crippen MR) is 57.5 cm³/mol. The summed E-state index contributed by atoms with van der Waals surface area (Å²) in [5.74, 6) is 0.871. The van der Waals surface area contributed by atoms with Crippen molar-refractivity contribution >= 4 is 6.09 Å². The summed E-state index contributed by atoms with van der Waals surface area (Å²) in [6, 6.07) is 0. The maximum Gasteiger partial charge on any atom is 0.414 e. The van der Waals surface area contributed by atoms with Gasteiger partial charge in [-0.2, -0.15) is 0 Å². The van der Waals surface area contributed by atoms with Crippen LogP contribution in [-0.4, -0.2) is 37.8 Å². The lowest BCUT2D eigenvalue weighted by Crippen LogP contribution is -2.41. The van der Waals surface area contributed by atoms with Crippen molar-refractivity contribution in [1.82, 2.24) is 4.90 Å². The highest BCUT2D eigenvalue weighted by Crippen LogP contribution is 2.17. The second-order valence-corrected chi connectivity index (χ2v) is 3.98. The third kappa shape index (κ3) is 3.91. The van der Waals surface area contributed by atoms with Crippen LogP contribution in [0.5, 0.6) is 0 Å². The van der Waals surface area contributed by atoms with E-state index in [0.29, 0.717) is 18.3 Å². The minimum atomic E-state index is -0.289. The van der Waals surface area contributed by atoms with E-state index >= 15 is 0 Å². The first kappa shape index (κ1) is 12.0. The van der Waals surface area contributed by atoms with Crippen LogP contribution in [0.1, 0.15) is 19.8 Å². The SMILES string of the molecule is C=C(C)OC(=O)N1CCCC(COC)C1. The van der Waals surface area contributed by atoms with Gasteiger partial charge in [0.2, 0.25) is 0 Å². The maximum absolute atomic E-state index is 11.6. The second-order valence-electron chi connectivity index (χ2n) is 3.98. The molecule has 0 aliphatic carbocycles. The largest absolute Gasteiger partial charge is 0.416 e. The van der Waals surface area contributed by atoms with Crippen LogP contribution < -0.4 is 0 Å². The highest BCUT2D eigenvalue weighted by molar-refractivity contribution is 5.68. The smallest absolute Gasteiger partial charge is 0.414 e. The van der Waals surface area contributed by atoms with Crippen molar-refractivity contribution < 1.29 is 14.3 Å². The zero-order valence-corrected chi connectivity index (χ0v) is 9.49. The second kappa shape index (κ2) is 5.75. The highest BCUT2D eigenvalue weighted by Gasteiger charge is 2.24. The molecule has 0 bridgehead atoms. The number of likely N-dealkylation sites (tertiary alicyclic amines) is 1.